The van der Waals surface area contributed by atoms with Gasteiger partial charge in [-0.15, -0.1) is 0 Å². The summed E-state index contributed by atoms with van der Waals surface area (Å²) in [7, 11) is 0. The molecule has 0 spiro atoms. The fourth-order valence-corrected chi connectivity index (χ4v) is 5.42. The third kappa shape index (κ3) is 4.13. The number of carbonyl (C=O) groups excluding carboxylic acids is 1. The van der Waals surface area contributed by atoms with Gasteiger partial charge in [0.05, 0.1) is 11.9 Å². The fourth-order valence-electron chi connectivity index (χ4n) is 5.42. The van der Waals surface area contributed by atoms with Crippen molar-refractivity contribution in [3.8, 4) is 0 Å². The van der Waals surface area contributed by atoms with Gasteiger partial charge in [0.15, 0.2) is 5.65 Å². The van der Waals surface area contributed by atoms with Crippen LogP contribution in [0.1, 0.15) is 44.9 Å². The minimum absolute atomic E-state index is 0.163. The van der Waals surface area contributed by atoms with Crippen LogP contribution in [0.5, 0.6) is 0 Å². The Morgan fingerprint density at radius 3 is 2.33 bits per heavy atom. The van der Waals surface area contributed by atoms with Crippen molar-refractivity contribution < 1.29 is 4.79 Å². The normalized spacial score (nSPS) is 22.5. The molecule has 0 atom stereocenters. The molecule has 160 valence electrons. The van der Waals surface area contributed by atoms with E-state index < -0.39 is 0 Å². The van der Waals surface area contributed by atoms with E-state index in [9.17, 15) is 4.79 Å². The van der Waals surface area contributed by atoms with Gasteiger partial charge < -0.3 is 9.80 Å². The average Bonchev–Trinajstić information content (AvgIpc) is 2.84. The number of fused-ring (bicyclic) bond motifs is 1. The van der Waals surface area contributed by atoms with Gasteiger partial charge in [0.25, 0.3) is 0 Å². The molecular weight excluding hydrogens is 376 g/mol. The van der Waals surface area contributed by atoms with Gasteiger partial charge in [-0.1, -0.05) is 19.3 Å². The first-order valence-electron chi connectivity index (χ1n) is 11.6. The molecule has 0 unspecified atom stereocenters. The van der Waals surface area contributed by atoms with Crippen LogP contribution in [0, 0.1) is 5.92 Å². The molecule has 0 radical (unpaired) electrons. The Morgan fingerprint density at radius 1 is 0.833 bits per heavy atom. The maximum absolute atomic E-state index is 13.1. The molecule has 0 N–H and O–H groups in total. The van der Waals surface area contributed by atoms with E-state index in [0.717, 1.165) is 69.4 Å². The molecule has 7 nitrogen and oxygen atoms in total. The predicted octanol–water partition coefficient (Wildman–Crippen LogP) is 2.72. The minimum Gasteiger partial charge on any atom is -0.370 e. The van der Waals surface area contributed by atoms with Gasteiger partial charge >= 0.3 is 0 Å². The first kappa shape index (κ1) is 19.7. The molecule has 1 saturated carbocycles. The number of carbonyl (C=O) groups is 1. The topological polar surface area (TPSA) is 65.5 Å². The number of anilines is 1. The maximum atomic E-state index is 13.1. The molecule has 0 bridgehead atoms. The van der Waals surface area contributed by atoms with Gasteiger partial charge in [0.2, 0.25) is 5.91 Å². The van der Waals surface area contributed by atoms with Gasteiger partial charge in [0.1, 0.15) is 5.52 Å². The minimum atomic E-state index is 0.163. The van der Waals surface area contributed by atoms with Gasteiger partial charge in [-0.2, -0.15) is 0 Å². The number of nitrogens with zero attached hydrogens (tertiary/aromatic N) is 6. The molecule has 1 amide bonds. The lowest BCUT2D eigenvalue weighted by Gasteiger charge is -2.42. The van der Waals surface area contributed by atoms with Crippen molar-refractivity contribution in [2.24, 2.45) is 5.92 Å². The number of rotatable bonds is 3. The lowest BCUT2D eigenvalue weighted by molar-refractivity contribution is -0.138. The lowest BCUT2D eigenvalue weighted by atomic mass is 9.93. The van der Waals surface area contributed by atoms with Crippen LogP contribution in [0.25, 0.3) is 11.2 Å². The van der Waals surface area contributed by atoms with E-state index in [1.165, 1.54) is 32.1 Å². The second kappa shape index (κ2) is 8.84. The molecule has 3 fully saturated rings. The first-order valence-corrected chi connectivity index (χ1v) is 11.6. The monoisotopic (exact) mass is 408 g/mol. The second-order valence-electron chi connectivity index (χ2n) is 9.01. The molecule has 2 saturated heterocycles. The molecule has 4 heterocycles. The molecule has 1 aliphatic carbocycles. The Labute approximate surface area is 178 Å². The Balaban J connectivity index is 1.13. The zero-order valence-electron chi connectivity index (χ0n) is 17.7. The predicted molar refractivity (Wildman–Crippen MR) is 117 cm³/mol. The zero-order chi connectivity index (χ0) is 20.3. The number of hydrogen-bond acceptors (Lipinski definition) is 6. The highest BCUT2D eigenvalue weighted by molar-refractivity contribution is 5.79. The number of amides is 1. The highest BCUT2D eigenvalue weighted by atomic mass is 16.2. The molecule has 7 heteroatoms. The number of aromatic nitrogens is 3. The molecule has 5 rings (SSSR count). The van der Waals surface area contributed by atoms with Crippen molar-refractivity contribution in [2.75, 3.05) is 44.2 Å². The van der Waals surface area contributed by atoms with E-state index in [4.69, 9.17) is 0 Å². The van der Waals surface area contributed by atoms with Crippen molar-refractivity contribution in [1.29, 1.82) is 0 Å². The molecular formula is C23H32N6O. The number of pyridine rings is 1. The summed E-state index contributed by atoms with van der Waals surface area (Å²) < 4.78 is 0. The summed E-state index contributed by atoms with van der Waals surface area (Å²) in [6, 6.07) is 2.82. The zero-order valence-corrected chi connectivity index (χ0v) is 17.7. The van der Waals surface area contributed by atoms with E-state index in [-0.39, 0.29) is 5.92 Å². The summed E-state index contributed by atoms with van der Waals surface area (Å²) in [4.78, 5) is 33.3. The average molecular weight is 409 g/mol. The molecule has 30 heavy (non-hydrogen) atoms. The Hall–Kier alpha value is -2.28. The Bertz CT molecular complexity index is 867. The molecule has 0 aromatic carbocycles. The van der Waals surface area contributed by atoms with Crippen LogP contribution in [0.15, 0.2) is 24.7 Å². The quantitative estimate of drug-likeness (QED) is 0.778. The van der Waals surface area contributed by atoms with E-state index in [1.54, 1.807) is 12.4 Å². The van der Waals surface area contributed by atoms with Gasteiger partial charge in [-0.25, -0.2) is 9.97 Å². The summed E-state index contributed by atoms with van der Waals surface area (Å²) in [5, 5.41) is 0. The molecule has 2 aromatic heterocycles. The number of piperidine rings is 1. The second-order valence-corrected chi connectivity index (χ2v) is 9.01. The van der Waals surface area contributed by atoms with Crippen molar-refractivity contribution in [3.05, 3.63) is 24.7 Å². The summed E-state index contributed by atoms with van der Waals surface area (Å²) >= 11 is 0. The molecule has 2 aliphatic heterocycles. The van der Waals surface area contributed by atoms with Crippen LogP contribution in [-0.4, -0.2) is 76.0 Å². The van der Waals surface area contributed by atoms with Crippen molar-refractivity contribution in [1.82, 2.24) is 24.8 Å². The lowest BCUT2D eigenvalue weighted by Crippen LogP contribution is -2.54. The van der Waals surface area contributed by atoms with E-state index in [2.05, 4.69) is 35.7 Å². The van der Waals surface area contributed by atoms with Gasteiger partial charge in [0, 0.05) is 63.6 Å². The van der Waals surface area contributed by atoms with Gasteiger partial charge in [-0.05, 0) is 31.7 Å². The Morgan fingerprint density at radius 2 is 1.57 bits per heavy atom. The smallest absolute Gasteiger partial charge is 0.225 e. The van der Waals surface area contributed by atoms with Crippen molar-refractivity contribution in [2.45, 2.75) is 51.0 Å². The maximum Gasteiger partial charge on any atom is 0.225 e. The largest absolute Gasteiger partial charge is 0.370 e. The Kier molecular flexibility index (Phi) is 5.79. The molecule has 3 aliphatic rings. The van der Waals surface area contributed by atoms with E-state index in [0.29, 0.717) is 11.6 Å². The number of piperazine rings is 1. The summed E-state index contributed by atoms with van der Waals surface area (Å²) in [6.07, 6.45) is 13.9. The van der Waals surface area contributed by atoms with Crippen LogP contribution < -0.4 is 4.90 Å². The van der Waals surface area contributed by atoms with E-state index >= 15 is 0 Å². The van der Waals surface area contributed by atoms with Crippen LogP contribution in [-0.2, 0) is 4.79 Å². The summed E-state index contributed by atoms with van der Waals surface area (Å²) in [5.74, 6) is 0.538. The standard InChI is InChI=1S/C23H32N6O/c30-23(29-14-12-28(13-15-29)19-4-2-1-3-5-19)18-6-10-27(11-7-18)20-16-21-22(26-17-20)25-9-8-24-21/h8-9,16-19H,1-7,10-15H2. The van der Waals surface area contributed by atoms with Crippen LogP contribution in [0.2, 0.25) is 0 Å². The van der Waals surface area contributed by atoms with Gasteiger partial charge in [-0.3, -0.25) is 14.7 Å². The number of hydrogen-bond donors (Lipinski definition) is 0. The summed E-state index contributed by atoms with van der Waals surface area (Å²) in [5.41, 5.74) is 2.58. The molecule has 2 aromatic rings. The van der Waals surface area contributed by atoms with Crippen LogP contribution >= 0.6 is 0 Å². The SMILES string of the molecule is O=C(C1CCN(c2cnc3nccnc3c2)CC1)N1CCN(C2CCCCC2)CC1. The van der Waals surface area contributed by atoms with Crippen LogP contribution in [0.4, 0.5) is 5.69 Å². The van der Waals surface area contributed by atoms with Crippen molar-refractivity contribution in [3.63, 3.8) is 0 Å². The van der Waals surface area contributed by atoms with Crippen LogP contribution in [0.3, 0.4) is 0 Å². The van der Waals surface area contributed by atoms with E-state index in [1.807, 2.05) is 6.20 Å². The third-order valence-corrected chi connectivity index (χ3v) is 7.24. The highest BCUT2D eigenvalue weighted by Crippen LogP contribution is 2.27. The summed E-state index contributed by atoms with van der Waals surface area (Å²) in [6.45, 7) is 5.71. The fraction of sp³-hybridized carbons (Fsp3) is 0.652. The van der Waals surface area contributed by atoms with Crippen molar-refractivity contribution >= 4 is 22.8 Å². The third-order valence-electron chi connectivity index (χ3n) is 7.24. The highest BCUT2D eigenvalue weighted by Gasteiger charge is 2.32. The first-order chi connectivity index (χ1) is 14.8.